The Morgan fingerprint density at radius 3 is 3.00 bits per heavy atom. The van der Waals surface area contributed by atoms with Crippen molar-refractivity contribution in [2.75, 3.05) is 5.32 Å². The number of fused-ring (bicyclic) bond motifs is 1. The second-order valence-electron chi connectivity index (χ2n) is 5.11. The van der Waals surface area contributed by atoms with Gasteiger partial charge in [-0.05, 0) is 47.5 Å². The minimum Gasteiger partial charge on any atom is -0.326 e. The van der Waals surface area contributed by atoms with Crippen LogP contribution in [0.15, 0.2) is 23.6 Å². The molecule has 3 rings (SSSR count). The van der Waals surface area contributed by atoms with E-state index in [1.807, 2.05) is 11.4 Å². The van der Waals surface area contributed by atoms with E-state index in [4.69, 9.17) is 11.6 Å². The van der Waals surface area contributed by atoms with Gasteiger partial charge in [0.25, 0.3) is 0 Å². The van der Waals surface area contributed by atoms with Crippen molar-refractivity contribution in [1.82, 2.24) is 0 Å². The van der Waals surface area contributed by atoms with Crippen molar-refractivity contribution in [3.05, 3.63) is 51.0 Å². The number of halogens is 2. The van der Waals surface area contributed by atoms with Crippen molar-refractivity contribution < 1.29 is 9.18 Å². The molecule has 1 amide bonds. The Kier molecular flexibility index (Phi) is 4.00. The number of carbonyl (C=O) groups is 1. The zero-order valence-electron chi connectivity index (χ0n) is 11.6. The number of carbonyl (C=O) groups excluding carboxylic acids is 1. The third-order valence-electron chi connectivity index (χ3n) is 3.78. The summed E-state index contributed by atoms with van der Waals surface area (Å²) in [5, 5.41) is 4.21. The normalized spacial score (nSPS) is 15.5. The first kappa shape index (κ1) is 14.5. The lowest BCUT2D eigenvalue weighted by Crippen LogP contribution is -2.19. The SMILES string of the molecule is CCc1ccsc1C(Cl)c1cc2c(cc1F)NC(=O)CC2. The number of benzene rings is 1. The Hall–Kier alpha value is -1.39. The number of thiophene rings is 1. The van der Waals surface area contributed by atoms with Crippen LogP contribution in [0.3, 0.4) is 0 Å². The van der Waals surface area contributed by atoms with Crippen LogP contribution < -0.4 is 5.32 Å². The van der Waals surface area contributed by atoms with Crippen LogP contribution in [0, 0.1) is 5.82 Å². The first-order valence-electron chi connectivity index (χ1n) is 6.92. The topological polar surface area (TPSA) is 29.1 Å². The van der Waals surface area contributed by atoms with Crippen molar-refractivity contribution in [3.63, 3.8) is 0 Å². The van der Waals surface area contributed by atoms with Crippen molar-refractivity contribution in [1.29, 1.82) is 0 Å². The maximum Gasteiger partial charge on any atom is 0.224 e. The van der Waals surface area contributed by atoms with E-state index in [1.54, 1.807) is 17.4 Å². The zero-order valence-corrected chi connectivity index (χ0v) is 13.2. The molecule has 1 atom stereocenters. The van der Waals surface area contributed by atoms with Crippen molar-refractivity contribution in [2.24, 2.45) is 0 Å². The molecule has 5 heteroatoms. The van der Waals surface area contributed by atoms with Gasteiger partial charge < -0.3 is 5.32 Å². The third kappa shape index (κ3) is 2.70. The highest BCUT2D eigenvalue weighted by molar-refractivity contribution is 7.10. The van der Waals surface area contributed by atoms with E-state index in [0.717, 1.165) is 22.4 Å². The molecular formula is C16H15ClFNOS. The van der Waals surface area contributed by atoms with Gasteiger partial charge in [-0.1, -0.05) is 6.92 Å². The molecule has 0 bridgehead atoms. The summed E-state index contributed by atoms with van der Waals surface area (Å²) in [6.07, 6.45) is 1.94. The Morgan fingerprint density at radius 2 is 2.24 bits per heavy atom. The van der Waals surface area contributed by atoms with E-state index < -0.39 is 5.38 Å². The molecule has 2 nitrogen and oxygen atoms in total. The van der Waals surface area contributed by atoms with Gasteiger partial charge in [-0.25, -0.2) is 4.39 Å². The number of alkyl halides is 1. The average molecular weight is 324 g/mol. The Morgan fingerprint density at radius 1 is 1.43 bits per heavy atom. The van der Waals surface area contributed by atoms with E-state index in [1.165, 1.54) is 6.07 Å². The van der Waals surface area contributed by atoms with E-state index in [2.05, 4.69) is 12.2 Å². The smallest absolute Gasteiger partial charge is 0.224 e. The zero-order chi connectivity index (χ0) is 15.0. The van der Waals surface area contributed by atoms with Crippen LogP contribution in [-0.2, 0) is 17.6 Å². The highest BCUT2D eigenvalue weighted by Crippen LogP contribution is 2.38. The molecule has 21 heavy (non-hydrogen) atoms. The lowest BCUT2D eigenvalue weighted by Gasteiger charge is -2.20. The highest BCUT2D eigenvalue weighted by atomic mass is 35.5. The largest absolute Gasteiger partial charge is 0.326 e. The monoisotopic (exact) mass is 323 g/mol. The van der Waals surface area contributed by atoms with Crippen molar-refractivity contribution >= 4 is 34.5 Å². The minimum atomic E-state index is -0.483. The van der Waals surface area contributed by atoms with Gasteiger partial charge in [0.1, 0.15) is 5.82 Å². The second-order valence-corrected chi connectivity index (χ2v) is 6.49. The molecular weight excluding hydrogens is 309 g/mol. The summed E-state index contributed by atoms with van der Waals surface area (Å²) in [6.45, 7) is 2.06. The lowest BCUT2D eigenvalue weighted by atomic mass is 9.97. The molecule has 110 valence electrons. The molecule has 2 aromatic rings. The standard InChI is InChI=1S/C16H15ClFNOS/c1-2-9-5-6-21-16(9)15(17)11-7-10-3-4-14(20)19-13(10)8-12(11)18/h5-8,15H,2-4H2,1H3,(H,19,20). The number of hydrogen-bond donors (Lipinski definition) is 1. The minimum absolute atomic E-state index is 0.0661. The van der Waals surface area contributed by atoms with Gasteiger partial charge >= 0.3 is 0 Å². The number of amides is 1. The van der Waals surface area contributed by atoms with Crippen LogP contribution in [-0.4, -0.2) is 5.91 Å². The summed E-state index contributed by atoms with van der Waals surface area (Å²) >= 11 is 8.07. The molecule has 0 radical (unpaired) electrons. The van der Waals surface area contributed by atoms with E-state index in [9.17, 15) is 9.18 Å². The summed E-state index contributed by atoms with van der Waals surface area (Å²) in [5.74, 6) is -0.435. The van der Waals surface area contributed by atoms with Crippen molar-refractivity contribution in [2.45, 2.75) is 31.6 Å². The molecule has 0 fully saturated rings. The summed E-state index contributed by atoms with van der Waals surface area (Å²) in [5.41, 5.74) is 3.17. The molecule has 0 spiro atoms. The van der Waals surface area contributed by atoms with E-state index in [0.29, 0.717) is 24.1 Å². The molecule has 2 heterocycles. The Balaban J connectivity index is 2.01. The summed E-state index contributed by atoms with van der Waals surface area (Å²) in [4.78, 5) is 12.4. The van der Waals surface area contributed by atoms with E-state index in [-0.39, 0.29) is 11.7 Å². The second kappa shape index (κ2) is 5.78. The Labute approximate surface area is 131 Å². The summed E-state index contributed by atoms with van der Waals surface area (Å²) in [7, 11) is 0. The molecule has 1 unspecified atom stereocenters. The number of aryl methyl sites for hydroxylation is 2. The van der Waals surface area contributed by atoms with Crippen LogP contribution in [0.5, 0.6) is 0 Å². The van der Waals surface area contributed by atoms with Crippen LogP contribution in [0.4, 0.5) is 10.1 Å². The molecule has 1 aromatic carbocycles. The van der Waals surface area contributed by atoms with Crippen LogP contribution in [0.2, 0.25) is 0 Å². The fraction of sp³-hybridized carbons (Fsp3) is 0.312. The number of rotatable bonds is 3. The van der Waals surface area contributed by atoms with Gasteiger partial charge in [-0.2, -0.15) is 0 Å². The van der Waals surface area contributed by atoms with Gasteiger partial charge in [0.2, 0.25) is 5.91 Å². The number of nitrogens with one attached hydrogen (secondary N) is 1. The molecule has 1 aromatic heterocycles. The predicted octanol–water partition coefficient (Wildman–Crippen LogP) is 4.66. The molecule has 0 saturated heterocycles. The first-order chi connectivity index (χ1) is 10.1. The quantitative estimate of drug-likeness (QED) is 0.818. The number of hydrogen-bond acceptors (Lipinski definition) is 2. The van der Waals surface area contributed by atoms with Gasteiger partial charge in [0.15, 0.2) is 0 Å². The highest BCUT2D eigenvalue weighted by Gasteiger charge is 2.23. The fourth-order valence-electron chi connectivity index (χ4n) is 2.62. The van der Waals surface area contributed by atoms with Crippen molar-refractivity contribution in [3.8, 4) is 0 Å². The predicted molar refractivity (Wildman–Crippen MR) is 84.7 cm³/mol. The first-order valence-corrected chi connectivity index (χ1v) is 8.24. The molecule has 1 N–H and O–H groups in total. The van der Waals surface area contributed by atoms with Gasteiger partial charge in [0, 0.05) is 22.5 Å². The van der Waals surface area contributed by atoms with Gasteiger partial charge in [-0.15, -0.1) is 22.9 Å². The van der Waals surface area contributed by atoms with Crippen LogP contribution >= 0.6 is 22.9 Å². The van der Waals surface area contributed by atoms with Crippen LogP contribution in [0.1, 0.15) is 40.3 Å². The molecule has 1 aliphatic rings. The average Bonchev–Trinajstić information content (AvgIpc) is 2.94. The maximum atomic E-state index is 14.4. The Bertz CT molecular complexity index is 698. The van der Waals surface area contributed by atoms with Crippen LogP contribution in [0.25, 0.3) is 0 Å². The number of anilines is 1. The van der Waals surface area contributed by atoms with Gasteiger partial charge in [-0.3, -0.25) is 4.79 Å². The fourth-order valence-corrected chi connectivity index (χ4v) is 4.07. The third-order valence-corrected chi connectivity index (χ3v) is 5.39. The lowest BCUT2D eigenvalue weighted by molar-refractivity contribution is -0.116. The molecule has 0 aliphatic carbocycles. The maximum absolute atomic E-state index is 14.4. The molecule has 1 aliphatic heterocycles. The van der Waals surface area contributed by atoms with Gasteiger partial charge in [0.05, 0.1) is 5.38 Å². The summed E-state index contributed by atoms with van der Waals surface area (Å²) < 4.78 is 14.4. The molecule has 0 saturated carbocycles. The summed E-state index contributed by atoms with van der Waals surface area (Å²) in [6, 6.07) is 5.21. The van der Waals surface area contributed by atoms with E-state index >= 15 is 0 Å².